The SMILES string of the molecule is CC1CC(C(=O)Nc2ccc(Nc3ccc(NC(=O)C4CCCN4)cc3)cc2)=CC=C1N1CCC(O)CC1. The number of hydrogen-bond donors (Lipinski definition) is 5. The van der Waals surface area contributed by atoms with E-state index in [9.17, 15) is 14.7 Å². The highest BCUT2D eigenvalue weighted by Crippen LogP contribution is 2.30. The molecule has 2 aliphatic heterocycles. The van der Waals surface area contributed by atoms with E-state index in [4.69, 9.17) is 0 Å². The number of rotatable bonds is 7. The third kappa shape index (κ3) is 6.44. The predicted molar refractivity (Wildman–Crippen MR) is 151 cm³/mol. The Hall–Kier alpha value is -3.62. The number of carbonyl (C=O) groups excluding carboxylic acids is 2. The van der Waals surface area contributed by atoms with E-state index in [1.165, 1.54) is 5.70 Å². The van der Waals surface area contributed by atoms with Crippen LogP contribution in [0.3, 0.4) is 0 Å². The Labute approximate surface area is 224 Å². The molecule has 2 aromatic rings. The molecule has 2 atom stereocenters. The van der Waals surface area contributed by atoms with Crippen molar-refractivity contribution in [1.29, 1.82) is 0 Å². The van der Waals surface area contributed by atoms with Gasteiger partial charge in [-0.1, -0.05) is 13.0 Å². The number of nitrogens with one attached hydrogen (secondary N) is 4. The molecular weight excluding hydrogens is 478 g/mol. The van der Waals surface area contributed by atoms with E-state index in [1.54, 1.807) is 0 Å². The average Bonchev–Trinajstić information content (AvgIpc) is 3.47. The van der Waals surface area contributed by atoms with Crippen LogP contribution in [0, 0.1) is 5.92 Å². The Morgan fingerprint density at radius 2 is 1.47 bits per heavy atom. The smallest absolute Gasteiger partial charge is 0.251 e. The molecule has 0 radical (unpaired) electrons. The van der Waals surface area contributed by atoms with Crippen molar-refractivity contribution in [2.75, 3.05) is 35.6 Å². The lowest BCUT2D eigenvalue weighted by Crippen LogP contribution is -2.37. The molecule has 0 saturated carbocycles. The summed E-state index contributed by atoms with van der Waals surface area (Å²) in [5.41, 5.74) is 5.36. The standard InChI is InChI=1S/C30H37N5O3/c1-20-19-21(4-13-28(20)35-17-14-26(36)15-18-35)29(37)33-24-9-5-22(6-10-24)32-23-7-11-25(12-8-23)34-30(38)27-3-2-16-31-27/h4-13,20,26-27,31-32,36H,2-3,14-19H2,1H3,(H,33,37)(H,34,38). The van der Waals surface area contributed by atoms with E-state index in [2.05, 4.69) is 39.2 Å². The number of carbonyl (C=O) groups is 2. The molecule has 2 heterocycles. The van der Waals surface area contributed by atoms with Crippen LogP contribution in [0.25, 0.3) is 0 Å². The maximum Gasteiger partial charge on any atom is 0.251 e. The fourth-order valence-electron chi connectivity index (χ4n) is 5.35. The van der Waals surface area contributed by atoms with Crippen molar-refractivity contribution in [3.8, 4) is 0 Å². The molecule has 8 nitrogen and oxygen atoms in total. The summed E-state index contributed by atoms with van der Waals surface area (Å²) in [5, 5.41) is 22.3. The number of nitrogens with zero attached hydrogens (tertiary/aromatic N) is 1. The van der Waals surface area contributed by atoms with Crippen molar-refractivity contribution in [1.82, 2.24) is 10.2 Å². The minimum atomic E-state index is -0.192. The van der Waals surface area contributed by atoms with E-state index >= 15 is 0 Å². The molecule has 1 aliphatic carbocycles. The van der Waals surface area contributed by atoms with Crippen LogP contribution in [0.1, 0.15) is 39.0 Å². The number of anilines is 4. The first kappa shape index (κ1) is 26.0. The van der Waals surface area contributed by atoms with Crippen LogP contribution in [0.2, 0.25) is 0 Å². The Morgan fingerprint density at radius 3 is 2.05 bits per heavy atom. The lowest BCUT2D eigenvalue weighted by molar-refractivity contribution is -0.117. The van der Waals surface area contributed by atoms with Gasteiger partial charge in [-0.15, -0.1) is 0 Å². The Kier molecular flexibility index (Phi) is 8.10. The largest absolute Gasteiger partial charge is 0.393 e. The minimum Gasteiger partial charge on any atom is -0.393 e. The van der Waals surface area contributed by atoms with Crippen molar-refractivity contribution in [3.63, 3.8) is 0 Å². The van der Waals surface area contributed by atoms with Gasteiger partial charge in [-0.2, -0.15) is 0 Å². The second kappa shape index (κ2) is 11.8. The Bertz CT molecular complexity index is 1190. The van der Waals surface area contributed by atoms with Gasteiger partial charge >= 0.3 is 0 Å². The maximum atomic E-state index is 12.9. The number of piperidine rings is 1. The summed E-state index contributed by atoms with van der Waals surface area (Å²) in [7, 11) is 0. The van der Waals surface area contributed by atoms with Gasteiger partial charge in [0.05, 0.1) is 12.1 Å². The zero-order valence-corrected chi connectivity index (χ0v) is 21.9. The highest BCUT2D eigenvalue weighted by Gasteiger charge is 2.26. The summed E-state index contributed by atoms with van der Waals surface area (Å²) < 4.78 is 0. The van der Waals surface area contributed by atoms with Gasteiger partial charge in [0.25, 0.3) is 5.91 Å². The zero-order valence-electron chi connectivity index (χ0n) is 21.9. The van der Waals surface area contributed by atoms with Gasteiger partial charge in [-0.05, 0) is 93.3 Å². The normalized spacial score (nSPS) is 21.9. The van der Waals surface area contributed by atoms with Crippen molar-refractivity contribution in [2.24, 2.45) is 5.92 Å². The summed E-state index contributed by atoms with van der Waals surface area (Å²) in [4.78, 5) is 27.5. The van der Waals surface area contributed by atoms with Crippen molar-refractivity contribution >= 4 is 34.6 Å². The minimum absolute atomic E-state index is 0.0125. The van der Waals surface area contributed by atoms with Crippen LogP contribution in [0.15, 0.2) is 72.0 Å². The quantitative estimate of drug-likeness (QED) is 0.375. The molecule has 5 rings (SSSR count). The van der Waals surface area contributed by atoms with Gasteiger partial charge in [-0.25, -0.2) is 0 Å². The lowest BCUT2D eigenvalue weighted by atomic mass is 9.90. The summed E-state index contributed by atoms with van der Waals surface area (Å²) in [6.07, 6.45) is 8.01. The zero-order chi connectivity index (χ0) is 26.5. The third-order valence-corrected chi connectivity index (χ3v) is 7.57. The average molecular weight is 516 g/mol. The summed E-state index contributed by atoms with van der Waals surface area (Å²) >= 11 is 0. The Balaban J connectivity index is 1.13. The predicted octanol–water partition coefficient (Wildman–Crippen LogP) is 4.37. The molecule has 0 aromatic heterocycles. The molecule has 2 amide bonds. The van der Waals surface area contributed by atoms with Gasteiger partial charge < -0.3 is 31.3 Å². The molecule has 3 aliphatic rings. The first-order valence-corrected chi connectivity index (χ1v) is 13.6. The lowest BCUT2D eigenvalue weighted by Gasteiger charge is -2.37. The van der Waals surface area contributed by atoms with Crippen molar-refractivity contribution in [3.05, 3.63) is 72.0 Å². The summed E-state index contributed by atoms with van der Waals surface area (Å²) in [6.45, 7) is 4.79. The van der Waals surface area contributed by atoms with Crippen LogP contribution < -0.4 is 21.3 Å². The number of allylic oxidation sites excluding steroid dienone is 3. The second-order valence-electron chi connectivity index (χ2n) is 10.5. The van der Waals surface area contributed by atoms with Crippen LogP contribution in [0.5, 0.6) is 0 Å². The molecule has 38 heavy (non-hydrogen) atoms. The fourth-order valence-corrected chi connectivity index (χ4v) is 5.35. The fraction of sp³-hybridized carbons (Fsp3) is 0.400. The number of hydrogen-bond acceptors (Lipinski definition) is 6. The number of likely N-dealkylation sites (tertiary alicyclic amines) is 1. The van der Waals surface area contributed by atoms with Crippen LogP contribution in [0.4, 0.5) is 22.7 Å². The first-order chi connectivity index (χ1) is 18.4. The topological polar surface area (TPSA) is 106 Å². The number of benzene rings is 2. The van der Waals surface area contributed by atoms with E-state index in [1.807, 2.05) is 54.6 Å². The van der Waals surface area contributed by atoms with E-state index in [-0.39, 0.29) is 29.9 Å². The van der Waals surface area contributed by atoms with Crippen molar-refractivity contribution < 1.29 is 14.7 Å². The van der Waals surface area contributed by atoms with Crippen molar-refractivity contribution in [2.45, 2.75) is 51.2 Å². The molecule has 2 saturated heterocycles. The molecule has 2 unspecified atom stereocenters. The number of aliphatic hydroxyl groups is 1. The maximum absolute atomic E-state index is 12.9. The summed E-state index contributed by atoms with van der Waals surface area (Å²) in [5.74, 6) is 0.201. The van der Waals surface area contributed by atoms with Gasteiger partial charge in [0.2, 0.25) is 5.91 Å². The van der Waals surface area contributed by atoms with Crippen LogP contribution in [-0.2, 0) is 9.59 Å². The van der Waals surface area contributed by atoms with Crippen LogP contribution in [-0.4, -0.2) is 53.6 Å². The van der Waals surface area contributed by atoms with Gasteiger partial charge in [0.1, 0.15) is 0 Å². The van der Waals surface area contributed by atoms with Gasteiger partial charge in [-0.3, -0.25) is 9.59 Å². The van der Waals surface area contributed by atoms with Crippen LogP contribution >= 0.6 is 0 Å². The van der Waals surface area contributed by atoms with Gasteiger partial charge in [0.15, 0.2) is 0 Å². The number of aliphatic hydroxyl groups excluding tert-OH is 1. The monoisotopic (exact) mass is 515 g/mol. The van der Waals surface area contributed by atoms with E-state index in [0.29, 0.717) is 6.42 Å². The van der Waals surface area contributed by atoms with E-state index in [0.717, 1.165) is 73.6 Å². The Morgan fingerprint density at radius 1 is 0.868 bits per heavy atom. The van der Waals surface area contributed by atoms with E-state index < -0.39 is 0 Å². The van der Waals surface area contributed by atoms with Gasteiger partial charge in [0, 0.05) is 53.0 Å². The summed E-state index contributed by atoms with van der Waals surface area (Å²) in [6, 6.07) is 15.2. The molecule has 8 heteroatoms. The molecule has 2 aromatic carbocycles. The molecule has 2 fully saturated rings. The molecular formula is C30H37N5O3. The molecule has 0 spiro atoms. The molecule has 200 valence electrons. The number of amides is 2. The highest BCUT2D eigenvalue weighted by atomic mass is 16.3. The second-order valence-corrected chi connectivity index (χ2v) is 10.5. The first-order valence-electron chi connectivity index (χ1n) is 13.6. The molecule has 0 bridgehead atoms. The molecule has 5 N–H and O–H groups in total. The third-order valence-electron chi connectivity index (χ3n) is 7.57. The highest BCUT2D eigenvalue weighted by molar-refractivity contribution is 6.04.